The van der Waals surface area contributed by atoms with Gasteiger partial charge < -0.3 is 19.9 Å². The molecule has 0 saturated carbocycles. The van der Waals surface area contributed by atoms with Crippen molar-refractivity contribution in [2.45, 2.75) is 13.8 Å². The third kappa shape index (κ3) is 2.51. The topological polar surface area (TPSA) is 67.8 Å². The molecule has 104 valence electrons. The lowest BCUT2D eigenvalue weighted by atomic mass is 9.86. The van der Waals surface area contributed by atoms with Crippen molar-refractivity contribution in [2.24, 2.45) is 5.41 Å². The van der Waals surface area contributed by atoms with Crippen LogP contribution in [0.2, 0.25) is 0 Å². The number of anilines is 1. The van der Waals surface area contributed by atoms with Gasteiger partial charge in [-0.2, -0.15) is 0 Å². The van der Waals surface area contributed by atoms with Gasteiger partial charge in [0.1, 0.15) is 11.2 Å². The molecule has 1 fully saturated rings. The zero-order valence-corrected chi connectivity index (χ0v) is 11.4. The average Bonchev–Trinajstić information content (AvgIpc) is 2.28. The number of carboxylic acid groups (broad SMARTS) is 1. The van der Waals surface area contributed by atoms with Crippen LogP contribution in [0, 0.1) is 19.3 Å². The molecular weight excluding hydrogens is 246 g/mol. The van der Waals surface area contributed by atoms with Gasteiger partial charge in [0.15, 0.2) is 0 Å². The highest BCUT2D eigenvalue weighted by Gasteiger charge is 2.46. The highest BCUT2D eigenvalue weighted by Crippen LogP contribution is 2.33. The molecule has 0 unspecified atom stereocenters. The van der Waals surface area contributed by atoms with Crippen LogP contribution in [0.15, 0.2) is 12.1 Å². The van der Waals surface area contributed by atoms with Crippen molar-refractivity contribution < 1.29 is 19.4 Å². The van der Waals surface area contributed by atoms with Gasteiger partial charge in [-0.15, -0.1) is 0 Å². The molecule has 1 aromatic carbocycles. The number of benzene rings is 1. The maximum absolute atomic E-state index is 11.3. The van der Waals surface area contributed by atoms with Crippen LogP contribution >= 0.6 is 0 Å². The fourth-order valence-electron chi connectivity index (χ4n) is 2.22. The Labute approximate surface area is 112 Å². The Morgan fingerprint density at radius 3 is 2.63 bits per heavy atom. The summed E-state index contributed by atoms with van der Waals surface area (Å²) in [5.74, 6) is -0.0896. The monoisotopic (exact) mass is 265 g/mol. The van der Waals surface area contributed by atoms with Crippen LogP contribution in [-0.4, -0.2) is 37.9 Å². The van der Waals surface area contributed by atoms with Gasteiger partial charge in [0.05, 0.1) is 26.0 Å². The molecular formula is C14H19NO4. The van der Waals surface area contributed by atoms with Crippen molar-refractivity contribution in [3.8, 4) is 5.75 Å². The number of nitrogens with one attached hydrogen (secondary N) is 1. The van der Waals surface area contributed by atoms with Gasteiger partial charge in [0.2, 0.25) is 0 Å². The summed E-state index contributed by atoms with van der Waals surface area (Å²) in [6.45, 7) is 4.81. The zero-order valence-electron chi connectivity index (χ0n) is 11.4. The maximum Gasteiger partial charge on any atom is 0.316 e. The van der Waals surface area contributed by atoms with Gasteiger partial charge in [0.25, 0.3) is 0 Å². The Morgan fingerprint density at radius 1 is 1.47 bits per heavy atom. The first-order chi connectivity index (χ1) is 8.98. The third-order valence-corrected chi connectivity index (χ3v) is 3.48. The number of carbonyl (C=O) groups is 1. The molecule has 5 nitrogen and oxygen atoms in total. The average molecular weight is 265 g/mol. The summed E-state index contributed by atoms with van der Waals surface area (Å²) in [6, 6.07) is 3.97. The van der Waals surface area contributed by atoms with Crippen LogP contribution in [-0.2, 0) is 9.53 Å². The maximum atomic E-state index is 11.3. The summed E-state index contributed by atoms with van der Waals surface area (Å²) in [5.41, 5.74) is 2.18. The molecule has 0 aromatic heterocycles. The van der Waals surface area contributed by atoms with Crippen molar-refractivity contribution in [1.82, 2.24) is 0 Å². The Bertz CT molecular complexity index is 494. The molecule has 1 heterocycles. The van der Waals surface area contributed by atoms with E-state index in [1.807, 2.05) is 26.0 Å². The van der Waals surface area contributed by atoms with E-state index in [-0.39, 0.29) is 13.2 Å². The Kier molecular flexibility index (Phi) is 3.66. The Morgan fingerprint density at radius 2 is 2.16 bits per heavy atom. The number of aryl methyl sites for hydroxylation is 2. The lowest BCUT2D eigenvalue weighted by molar-refractivity contribution is -0.176. The van der Waals surface area contributed by atoms with Gasteiger partial charge >= 0.3 is 5.97 Å². The zero-order chi connectivity index (χ0) is 14.0. The first kappa shape index (κ1) is 13.7. The molecule has 0 amide bonds. The standard InChI is InChI=1S/C14H19NO4/c1-9-4-10(2)12(11(5-9)18-3)15-6-14(13(16)17)7-19-8-14/h4-5,15H,6-8H2,1-3H3,(H,16,17). The van der Waals surface area contributed by atoms with Crippen molar-refractivity contribution >= 4 is 11.7 Å². The van der Waals surface area contributed by atoms with E-state index < -0.39 is 11.4 Å². The fourth-order valence-corrected chi connectivity index (χ4v) is 2.22. The smallest absolute Gasteiger partial charge is 0.316 e. The number of methoxy groups -OCH3 is 1. The summed E-state index contributed by atoms with van der Waals surface area (Å²) < 4.78 is 10.4. The van der Waals surface area contributed by atoms with Gasteiger partial charge in [-0.3, -0.25) is 4.79 Å². The molecule has 2 N–H and O–H groups in total. The largest absolute Gasteiger partial charge is 0.495 e. The van der Waals surface area contributed by atoms with Crippen LogP contribution in [0.4, 0.5) is 5.69 Å². The lowest BCUT2D eigenvalue weighted by Gasteiger charge is -2.37. The van der Waals surface area contributed by atoms with Crippen LogP contribution in [0.3, 0.4) is 0 Å². The van der Waals surface area contributed by atoms with Gasteiger partial charge in [-0.25, -0.2) is 0 Å². The molecule has 1 aromatic rings. The van der Waals surface area contributed by atoms with Crippen molar-refractivity contribution in [2.75, 3.05) is 32.2 Å². The minimum Gasteiger partial charge on any atom is -0.495 e. The van der Waals surface area contributed by atoms with E-state index in [1.165, 1.54) is 0 Å². The minimum absolute atomic E-state index is 0.253. The number of hydrogen-bond acceptors (Lipinski definition) is 4. The van der Waals surface area contributed by atoms with E-state index in [4.69, 9.17) is 9.47 Å². The molecule has 0 aliphatic carbocycles. The minimum atomic E-state index is -0.824. The number of rotatable bonds is 5. The quantitative estimate of drug-likeness (QED) is 0.850. The molecule has 19 heavy (non-hydrogen) atoms. The summed E-state index contributed by atoms with van der Waals surface area (Å²) in [7, 11) is 1.61. The molecule has 0 radical (unpaired) electrons. The predicted molar refractivity (Wildman–Crippen MR) is 71.8 cm³/mol. The normalized spacial score (nSPS) is 16.6. The molecule has 0 atom stereocenters. The molecule has 1 saturated heterocycles. The van der Waals surface area contributed by atoms with Crippen LogP contribution in [0.1, 0.15) is 11.1 Å². The number of ether oxygens (including phenoxy) is 2. The summed E-state index contributed by atoms with van der Waals surface area (Å²) >= 11 is 0. The molecule has 1 aliphatic heterocycles. The van der Waals surface area contributed by atoms with Crippen molar-refractivity contribution in [3.63, 3.8) is 0 Å². The molecule has 0 bridgehead atoms. The van der Waals surface area contributed by atoms with E-state index in [1.54, 1.807) is 7.11 Å². The number of hydrogen-bond donors (Lipinski definition) is 2. The molecule has 1 aliphatic rings. The first-order valence-electron chi connectivity index (χ1n) is 6.19. The van der Waals surface area contributed by atoms with Gasteiger partial charge in [0, 0.05) is 6.54 Å². The van der Waals surface area contributed by atoms with E-state index >= 15 is 0 Å². The first-order valence-corrected chi connectivity index (χ1v) is 6.19. The van der Waals surface area contributed by atoms with Gasteiger partial charge in [-0.1, -0.05) is 6.07 Å². The van der Waals surface area contributed by atoms with Crippen LogP contribution in [0.25, 0.3) is 0 Å². The molecule has 0 spiro atoms. The molecule has 5 heteroatoms. The highest BCUT2D eigenvalue weighted by molar-refractivity contribution is 5.77. The van der Waals surface area contributed by atoms with E-state index in [0.29, 0.717) is 6.54 Å². The molecule has 2 rings (SSSR count). The summed E-state index contributed by atoms with van der Waals surface area (Å²) in [5, 5.41) is 12.4. The van der Waals surface area contributed by atoms with Crippen molar-refractivity contribution in [1.29, 1.82) is 0 Å². The third-order valence-electron chi connectivity index (χ3n) is 3.48. The van der Waals surface area contributed by atoms with Crippen LogP contribution in [0.5, 0.6) is 5.75 Å². The predicted octanol–water partition coefficient (Wildman–Crippen LogP) is 1.83. The van der Waals surface area contributed by atoms with E-state index in [0.717, 1.165) is 22.6 Å². The SMILES string of the molecule is COc1cc(C)cc(C)c1NCC1(C(=O)O)COC1. The fraction of sp³-hybridized carbons (Fsp3) is 0.500. The Hall–Kier alpha value is -1.75. The second-order valence-corrected chi connectivity index (χ2v) is 5.09. The highest BCUT2D eigenvalue weighted by atomic mass is 16.5. The van der Waals surface area contributed by atoms with E-state index in [9.17, 15) is 9.90 Å². The van der Waals surface area contributed by atoms with E-state index in [2.05, 4.69) is 5.32 Å². The summed E-state index contributed by atoms with van der Waals surface area (Å²) in [6.07, 6.45) is 0. The van der Waals surface area contributed by atoms with Crippen molar-refractivity contribution in [3.05, 3.63) is 23.3 Å². The number of carboxylic acids is 1. The van der Waals surface area contributed by atoms with Gasteiger partial charge in [-0.05, 0) is 31.0 Å². The Balaban J connectivity index is 2.17. The second-order valence-electron chi connectivity index (χ2n) is 5.09. The van der Waals surface area contributed by atoms with Crippen LogP contribution < -0.4 is 10.1 Å². The summed E-state index contributed by atoms with van der Waals surface area (Å²) in [4.78, 5) is 11.3. The second kappa shape index (κ2) is 5.09. The lowest BCUT2D eigenvalue weighted by Crippen LogP contribution is -2.53. The number of aliphatic carboxylic acids is 1.